The number of rotatable bonds is 0. The Hall–Kier alpha value is -0.130. The highest BCUT2D eigenvalue weighted by Gasteiger charge is 1.69. The molecule has 0 amide bonds. The molecule has 0 atom stereocenters. The fourth-order valence-corrected chi connectivity index (χ4v) is 0. The number of aliphatic hydroxyl groups is 1. The van der Waals surface area contributed by atoms with Gasteiger partial charge in [0.15, 0.2) is 0 Å². The summed E-state index contributed by atoms with van der Waals surface area (Å²) in [6, 6.07) is 0. The molecule has 0 unspecified atom stereocenters. The average Bonchev–Trinajstić information content (AvgIpc) is 1.25. The molecule has 0 heterocycles. The van der Waals surface area contributed by atoms with Crippen molar-refractivity contribution in [3.05, 3.63) is 0 Å². The van der Waals surface area contributed by atoms with Crippen LogP contribution in [-0.2, 0) is 11.0 Å². The quantitative estimate of drug-likeness (QED) is 0.313. The first-order valence-electron chi connectivity index (χ1n) is 1.98. The van der Waals surface area contributed by atoms with Crippen molar-refractivity contribution in [1.82, 2.24) is 0 Å². The van der Waals surface area contributed by atoms with Gasteiger partial charge >= 0.3 is 0 Å². The standard InChI is InChI=1S/C3H8O.H2O3S/c1-3(2)4;1-4(2)3/h3-4H,1-2H3;4H,(H,1,2,3). The summed E-state index contributed by atoms with van der Waals surface area (Å²) in [6.07, 6.45) is -0.167. The van der Waals surface area contributed by atoms with Crippen LogP contribution in [0.4, 0.5) is 0 Å². The van der Waals surface area contributed by atoms with Gasteiger partial charge < -0.3 is 5.11 Å². The highest BCUT2D eigenvalue weighted by molar-refractivity contribution is 7.66. The van der Waals surface area contributed by atoms with Crippen LogP contribution in [0.25, 0.3) is 0 Å². The van der Waals surface area contributed by atoms with Crippen molar-refractivity contribution in [2.75, 3.05) is 0 Å². The Bertz CT molecular complexity index is 84.7. The van der Waals surface area contributed by atoms with Crippen LogP contribution >= 0.6 is 0 Å². The lowest BCUT2D eigenvalue weighted by Crippen LogP contribution is -1.85. The molecule has 0 spiro atoms. The number of thiol groups is 1. The van der Waals surface area contributed by atoms with Gasteiger partial charge in [-0.3, -0.25) is 4.55 Å². The van der Waals surface area contributed by atoms with Gasteiger partial charge in [0.25, 0.3) is 11.0 Å². The Kier molecular flexibility index (Phi) is 9.26. The van der Waals surface area contributed by atoms with Crippen LogP contribution < -0.4 is 0 Å². The van der Waals surface area contributed by atoms with E-state index in [1.807, 2.05) is 0 Å². The number of hydrogen-bond donors (Lipinski definition) is 3. The summed E-state index contributed by atoms with van der Waals surface area (Å²) in [5, 5.41) is 8.06. The summed E-state index contributed by atoms with van der Waals surface area (Å²) in [5.74, 6) is 0. The van der Waals surface area contributed by atoms with Crippen molar-refractivity contribution in [1.29, 1.82) is 0 Å². The van der Waals surface area contributed by atoms with Crippen molar-refractivity contribution in [2.24, 2.45) is 0 Å². The molecular formula is C3H10O4S. The van der Waals surface area contributed by atoms with Gasteiger partial charge in [0.1, 0.15) is 0 Å². The van der Waals surface area contributed by atoms with Gasteiger partial charge in [-0.2, -0.15) is 0 Å². The summed E-state index contributed by atoms with van der Waals surface area (Å²) in [5.41, 5.74) is 0. The molecule has 52 valence electrons. The fraction of sp³-hybridized carbons (Fsp3) is 1.00. The van der Waals surface area contributed by atoms with Crippen molar-refractivity contribution >= 4 is 11.0 Å². The molecule has 0 saturated carbocycles. The predicted molar refractivity (Wildman–Crippen MR) is 30.3 cm³/mol. The Morgan fingerprint density at radius 3 is 1.38 bits per heavy atom. The monoisotopic (exact) mass is 142 g/mol. The molecule has 0 aromatic heterocycles. The molecule has 8 heavy (non-hydrogen) atoms. The summed E-state index contributed by atoms with van der Waals surface area (Å²) in [7, 11) is -3.12. The third kappa shape index (κ3) is 8240. The van der Waals surface area contributed by atoms with E-state index in [0.717, 1.165) is 0 Å². The Balaban J connectivity index is 0. The largest absolute Gasteiger partial charge is 0.394 e. The van der Waals surface area contributed by atoms with E-state index in [4.69, 9.17) is 18.1 Å². The first-order chi connectivity index (χ1) is 3.46. The fourth-order valence-electron chi connectivity index (χ4n) is 0. The maximum absolute atomic E-state index is 8.59. The van der Waals surface area contributed by atoms with E-state index in [9.17, 15) is 0 Å². The maximum atomic E-state index is 8.59. The minimum atomic E-state index is -3.12. The molecule has 0 aromatic rings. The first kappa shape index (κ1) is 10.8. The predicted octanol–water partition coefficient (Wildman–Crippen LogP) is -0.542. The summed E-state index contributed by atoms with van der Waals surface area (Å²) >= 11 is 0. The van der Waals surface area contributed by atoms with Gasteiger partial charge in [0.05, 0.1) is 0 Å². The molecule has 0 aliphatic carbocycles. The Labute approximate surface area is 49.9 Å². The minimum Gasteiger partial charge on any atom is -0.394 e. The molecular weight excluding hydrogens is 132 g/mol. The molecule has 0 rings (SSSR count). The van der Waals surface area contributed by atoms with Gasteiger partial charge in [-0.05, 0) is 13.8 Å². The van der Waals surface area contributed by atoms with Crippen molar-refractivity contribution in [2.45, 2.75) is 20.0 Å². The lowest BCUT2D eigenvalue weighted by Gasteiger charge is -1.80. The molecule has 0 fully saturated rings. The topological polar surface area (TPSA) is 74.6 Å². The van der Waals surface area contributed by atoms with E-state index in [1.54, 1.807) is 13.8 Å². The van der Waals surface area contributed by atoms with Crippen LogP contribution in [0.3, 0.4) is 0 Å². The smallest absolute Gasteiger partial charge is 0.254 e. The van der Waals surface area contributed by atoms with Crippen LogP contribution in [0, 0.1) is 0 Å². The summed E-state index contributed by atoms with van der Waals surface area (Å²) in [4.78, 5) is 0. The van der Waals surface area contributed by atoms with Crippen LogP contribution in [-0.4, -0.2) is 24.2 Å². The van der Waals surface area contributed by atoms with E-state index in [0.29, 0.717) is 0 Å². The molecule has 0 radical (unpaired) electrons. The molecule has 5 heteroatoms. The zero-order chi connectivity index (χ0) is 7.15. The highest BCUT2D eigenvalue weighted by atomic mass is 32.2. The zero-order valence-corrected chi connectivity index (χ0v) is 5.63. The normalized spacial score (nSPS) is 8.75. The lowest BCUT2D eigenvalue weighted by atomic mass is 10.5. The van der Waals surface area contributed by atoms with E-state index >= 15 is 0 Å². The van der Waals surface area contributed by atoms with Crippen molar-refractivity contribution < 1.29 is 18.1 Å². The van der Waals surface area contributed by atoms with Crippen LogP contribution in [0.2, 0.25) is 0 Å². The Morgan fingerprint density at radius 1 is 1.38 bits per heavy atom. The van der Waals surface area contributed by atoms with Gasteiger partial charge in [-0.15, -0.1) is 0 Å². The average molecular weight is 142 g/mol. The zero-order valence-electron chi connectivity index (χ0n) is 4.74. The second-order valence-corrected chi connectivity index (χ2v) is 1.81. The highest BCUT2D eigenvalue weighted by Crippen LogP contribution is 1.65. The van der Waals surface area contributed by atoms with E-state index in [2.05, 4.69) is 0 Å². The number of aliphatic hydroxyl groups excluding tert-OH is 1. The molecule has 2 N–H and O–H groups in total. The summed E-state index contributed by atoms with van der Waals surface area (Å²) in [6.45, 7) is 3.44. The molecule has 0 aliphatic rings. The minimum absolute atomic E-state index is 0.167. The second-order valence-electron chi connectivity index (χ2n) is 1.33. The molecule has 0 aromatic carbocycles. The van der Waals surface area contributed by atoms with E-state index in [-0.39, 0.29) is 6.10 Å². The van der Waals surface area contributed by atoms with Crippen LogP contribution in [0.15, 0.2) is 0 Å². The second kappa shape index (κ2) is 6.87. The van der Waals surface area contributed by atoms with Crippen molar-refractivity contribution in [3.63, 3.8) is 0 Å². The first-order valence-corrected chi connectivity index (χ1v) is 3.11. The van der Waals surface area contributed by atoms with Gasteiger partial charge in [-0.25, -0.2) is 8.42 Å². The van der Waals surface area contributed by atoms with Gasteiger partial charge in [-0.1, -0.05) is 0 Å². The lowest BCUT2D eigenvalue weighted by molar-refractivity contribution is 0.216. The van der Waals surface area contributed by atoms with Crippen LogP contribution in [0.1, 0.15) is 13.8 Å². The van der Waals surface area contributed by atoms with Gasteiger partial charge in [0.2, 0.25) is 0 Å². The molecule has 0 saturated heterocycles. The van der Waals surface area contributed by atoms with Crippen LogP contribution in [0.5, 0.6) is 0 Å². The van der Waals surface area contributed by atoms with E-state index in [1.165, 1.54) is 0 Å². The third-order valence-corrected chi connectivity index (χ3v) is 0. The summed E-state index contributed by atoms with van der Waals surface area (Å²) < 4.78 is 24.2. The molecule has 0 bridgehead atoms. The molecule has 0 aliphatic heterocycles. The van der Waals surface area contributed by atoms with Crippen molar-refractivity contribution in [3.8, 4) is 0 Å². The third-order valence-electron chi connectivity index (χ3n) is 0. The number of hydrogen-bond acceptors (Lipinski definition) is 3. The SMILES string of the molecule is CC(C)O.O=[SH](=O)O. The maximum Gasteiger partial charge on any atom is 0.254 e. The van der Waals surface area contributed by atoms with Gasteiger partial charge in [0, 0.05) is 6.10 Å². The molecule has 4 nitrogen and oxygen atoms in total. The Morgan fingerprint density at radius 2 is 1.38 bits per heavy atom. The van der Waals surface area contributed by atoms with E-state index < -0.39 is 11.0 Å².